The number of hydrogen-bond acceptors (Lipinski definition) is 4. The molecule has 21 heavy (non-hydrogen) atoms. The summed E-state index contributed by atoms with van der Waals surface area (Å²) in [6, 6.07) is 7.20. The number of ether oxygens (including phenoxy) is 1. The maximum atomic E-state index is 12.2. The van der Waals surface area contributed by atoms with Gasteiger partial charge in [0.15, 0.2) is 0 Å². The molecule has 0 aromatic heterocycles. The lowest BCUT2D eigenvalue weighted by atomic mass is 10.1. The van der Waals surface area contributed by atoms with Crippen LogP contribution < -0.4 is 11.1 Å². The molecular formula is C16H19N3O2. The van der Waals surface area contributed by atoms with E-state index in [2.05, 4.69) is 16.3 Å². The third-order valence-corrected chi connectivity index (χ3v) is 3.58. The number of nitrogens with one attached hydrogen (secondary N) is 1. The SMILES string of the molecule is Nc1cccc(NC(=O)CN2CCOC3=C2C=CCC3)c1. The topological polar surface area (TPSA) is 67.6 Å². The van der Waals surface area contributed by atoms with Gasteiger partial charge in [0.1, 0.15) is 12.4 Å². The lowest BCUT2D eigenvalue weighted by Gasteiger charge is -2.33. The molecule has 1 aliphatic heterocycles. The van der Waals surface area contributed by atoms with E-state index in [0.29, 0.717) is 18.8 Å². The van der Waals surface area contributed by atoms with Crippen LogP contribution in [0.15, 0.2) is 47.9 Å². The molecule has 1 aromatic carbocycles. The Morgan fingerprint density at radius 3 is 3.19 bits per heavy atom. The van der Waals surface area contributed by atoms with Crippen molar-refractivity contribution in [2.75, 3.05) is 30.7 Å². The Labute approximate surface area is 124 Å². The lowest BCUT2D eigenvalue weighted by Crippen LogP contribution is -2.38. The van der Waals surface area contributed by atoms with E-state index in [4.69, 9.17) is 10.5 Å². The molecule has 1 aromatic rings. The van der Waals surface area contributed by atoms with Crippen molar-refractivity contribution in [1.82, 2.24) is 4.90 Å². The van der Waals surface area contributed by atoms with Crippen LogP contribution in [0.1, 0.15) is 12.8 Å². The quantitative estimate of drug-likeness (QED) is 0.835. The summed E-state index contributed by atoms with van der Waals surface area (Å²) in [5.74, 6) is 0.953. The zero-order valence-electron chi connectivity index (χ0n) is 11.8. The zero-order valence-corrected chi connectivity index (χ0v) is 11.8. The van der Waals surface area contributed by atoms with Crippen LogP contribution in [0.3, 0.4) is 0 Å². The minimum absolute atomic E-state index is 0.0478. The molecule has 0 saturated heterocycles. The molecule has 0 bridgehead atoms. The average Bonchev–Trinajstić information content (AvgIpc) is 2.47. The van der Waals surface area contributed by atoms with Gasteiger partial charge < -0.3 is 20.7 Å². The van der Waals surface area contributed by atoms with Crippen LogP contribution in [0.2, 0.25) is 0 Å². The summed E-state index contributed by atoms with van der Waals surface area (Å²) in [5.41, 5.74) is 8.11. The van der Waals surface area contributed by atoms with Gasteiger partial charge in [0.2, 0.25) is 5.91 Å². The van der Waals surface area contributed by atoms with E-state index in [1.54, 1.807) is 12.1 Å². The smallest absolute Gasteiger partial charge is 0.243 e. The van der Waals surface area contributed by atoms with Gasteiger partial charge >= 0.3 is 0 Å². The molecule has 3 N–H and O–H groups in total. The molecule has 1 amide bonds. The highest BCUT2D eigenvalue weighted by molar-refractivity contribution is 5.92. The standard InChI is InChI=1S/C16H19N3O2/c17-12-4-3-5-13(10-12)18-16(20)11-19-8-9-21-15-7-2-1-6-14(15)19/h1,3-6,10H,2,7-9,11,17H2,(H,18,20). The van der Waals surface area contributed by atoms with Gasteiger partial charge in [-0.15, -0.1) is 0 Å². The molecule has 2 aliphatic rings. The highest BCUT2D eigenvalue weighted by atomic mass is 16.5. The summed E-state index contributed by atoms with van der Waals surface area (Å²) < 4.78 is 5.67. The first-order chi connectivity index (χ1) is 10.2. The second-order valence-electron chi connectivity index (χ2n) is 5.19. The highest BCUT2D eigenvalue weighted by Gasteiger charge is 2.22. The first kappa shape index (κ1) is 13.5. The van der Waals surface area contributed by atoms with Gasteiger partial charge in [-0.05, 0) is 30.7 Å². The summed E-state index contributed by atoms with van der Waals surface area (Å²) in [4.78, 5) is 14.3. The second-order valence-corrected chi connectivity index (χ2v) is 5.19. The summed E-state index contributed by atoms with van der Waals surface area (Å²) in [5, 5.41) is 2.88. The summed E-state index contributed by atoms with van der Waals surface area (Å²) in [7, 11) is 0. The van der Waals surface area contributed by atoms with Crippen molar-refractivity contribution in [2.24, 2.45) is 0 Å². The number of hydrogen-bond donors (Lipinski definition) is 2. The van der Waals surface area contributed by atoms with Gasteiger partial charge in [-0.25, -0.2) is 0 Å². The van der Waals surface area contributed by atoms with Gasteiger partial charge in [0.25, 0.3) is 0 Å². The van der Waals surface area contributed by atoms with Crippen LogP contribution in [0.5, 0.6) is 0 Å². The largest absolute Gasteiger partial charge is 0.494 e. The zero-order chi connectivity index (χ0) is 14.7. The number of anilines is 2. The van der Waals surface area contributed by atoms with Crippen LogP contribution in [0.25, 0.3) is 0 Å². The molecule has 5 nitrogen and oxygen atoms in total. The predicted octanol–water partition coefficient (Wildman–Crippen LogP) is 2.10. The molecule has 1 aliphatic carbocycles. The van der Waals surface area contributed by atoms with E-state index < -0.39 is 0 Å². The van der Waals surface area contributed by atoms with E-state index in [9.17, 15) is 4.79 Å². The van der Waals surface area contributed by atoms with Crippen LogP contribution in [0.4, 0.5) is 11.4 Å². The van der Waals surface area contributed by atoms with E-state index in [0.717, 1.165) is 36.5 Å². The van der Waals surface area contributed by atoms with Crippen molar-refractivity contribution in [1.29, 1.82) is 0 Å². The van der Waals surface area contributed by atoms with E-state index >= 15 is 0 Å². The number of benzene rings is 1. The number of amides is 1. The Bertz CT molecular complexity index is 607. The molecule has 0 unspecified atom stereocenters. The molecule has 3 rings (SSSR count). The normalized spacial score (nSPS) is 17.2. The van der Waals surface area contributed by atoms with E-state index in [-0.39, 0.29) is 5.91 Å². The van der Waals surface area contributed by atoms with Gasteiger partial charge in [0.05, 0.1) is 18.8 Å². The fraction of sp³-hybridized carbons (Fsp3) is 0.312. The minimum atomic E-state index is -0.0478. The van der Waals surface area contributed by atoms with Crippen LogP contribution in [-0.4, -0.2) is 30.5 Å². The Morgan fingerprint density at radius 1 is 1.43 bits per heavy atom. The maximum absolute atomic E-state index is 12.2. The van der Waals surface area contributed by atoms with Crippen molar-refractivity contribution < 1.29 is 9.53 Å². The molecule has 0 atom stereocenters. The van der Waals surface area contributed by atoms with Gasteiger partial charge in [0, 0.05) is 17.8 Å². The van der Waals surface area contributed by atoms with Gasteiger partial charge in [-0.3, -0.25) is 4.79 Å². The van der Waals surface area contributed by atoms with Crippen molar-refractivity contribution >= 4 is 17.3 Å². The fourth-order valence-corrected chi connectivity index (χ4v) is 2.61. The maximum Gasteiger partial charge on any atom is 0.243 e. The molecule has 1 heterocycles. The Kier molecular flexibility index (Phi) is 3.81. The number of nitrogens with two attached hydrogens (primary N) is 1. The van der Waals surface area contributed by atoms with E-state index in [1.165, 1.54) is 0 Å². The van der Waals surface area contributed by atoms with E-state index in [1.807, 2.05) is 18.2 Å². The first-order valence-corrected chi connectivity index (χ1v) is 7.15. The number of nitrogens with zero attached hydrogens (tertiary/aromatic N) is 1. The van der Waals surface area contributed by atoms with Crippen molar-refractivity contribution in [3.8, 4) is 0 Å². The first-order valence-electron chi connectivity index (χ1n) is 7.15. The van der Waals surface area contributed by atoms with Crippen LogP contribution >= 0.6 is 0 Å². The van der Waals surface area contributed by atoms with Crippen LogP contribution in [-0.2, 0) is 9.53 Å². The number of carbonyl (C=O) groups excluding carboxylic acids is 1. The molecule has 0 fully saturated rings. The monoisotopic (exact) mass is 285 g/mol. The molecule has 0 radical (unpaired) electrons. The lowest BCUT2D eigenvalue weighted by molar-refractivity contribution is -0.117. The molecule has 5 heteroatoms. The number of rotatable bonds is 3. The van der Waals surface area contributed by atoms with Gasteiger partial charge in [-0.1, -0.05) is 12.1 Å². The minimum Gasteiger partial charge on any atom is -0.494 e. The number of allylic oxidation sites excluding steroid dienone is 3. The van der Waals surface area contributed by atoms with Crippen molar-refractivity contribution in [2.45, 2.75) is 12.8 Å². The number of carbonyl (C=O) groups is 1. The van der Waals surface area contributed by atoms with Crippen molar-refractivity contribution in [3.05, 3.63) is 47.9 Å². The molecular weight excluding hydrogens is 266 g/mol. The van der Waals surface area contributed by atoms with Crippen LogP contribution in [0, 0.1) is 0 Å². The van der Waals surface area contributed by atoms with Gasteiger partial charge in [-0.2, -0.15) is 0 Å². The Morgan fingerprint density at radius 2 is 2.33 bits per heavy atom. The Hall–Kier alpha value is -2.43. The average molecular weight is 285 g/mol. The second kappa shape index (κ2) is 5.91. The molecule has 0 spiro atoms. The summed E-state index contributed by atoms with van der Waals surface area (Å²) in [6.45, 7) is 1.69. The number of nitrogen functional groups attached to an aromatic ring is 1. The third kappa shape index (κ3) is 3.18. The summed E-state index contributed by atoms with van der Waals surface area (Å²) in [6.07, 6.45) is 6.09. The molecule has 110 valence electrons. The molecule has 0 saturated carbocycles. The third-order valence-electron chi connectivity index (χ3n) is 3.58. The highest BCUT2D eigenvalue weighted by Crippen LogP contribution is 2.26. The predicted molar refractivity (Wildman–Crippen MR) is 82.4 cm³/mol. The fourth-order valence-electron chi connectivity index (χ4n) is 2.61. The summed E-state index contributed by atoms with van der Waals surface area (Å²) >= 11 is 0. The van der Waals surface area contributed by atoms with Crippen molar-refractivity contribution in [3.63, 3.8) is 0 Å². The Balaban J connectivity index is 1.66.